The molecular weight excluding hydrogens is 323 g/mol. The summed E-state index contributed by atoms with van der Waals surface area (Å²) in [6, 6.07) is 8.02. The minimum Gasteiger partial charge on any atom is -0.482 e. The van der Waals surface area contributed by atoms with Gasteiger partial charge in [-0.05, 0) is 36.8 Å². The lowest BCUT2D eigenvalue weighted by atomic mass is 10.2. The fraction of sp³-hybridized carbons (Fsp3) is 0.133. The number of anilines is 2. The van der Waals surface area contributed by atoms with Gasteiger partial charge in [-0.15, -0.1) is 0 Å². The molecule has 1 aliphatic rings. The van der Waals surface area contributed by atoms with Crippen LogP contribution in [0.4, 0.5) is 15.8 Å². The summed E-state index contributed by atoms with van der Waals surface area (Å²) in [5, 5.41) is 2.61. The van der Waals surface area contributed by atoms with Crippen LogP contribution in [0.15, 0.2) is 41.3 Å². The van der Waals surface area contributed by atoms with E-state index in [2.05, 4.69) is 10.0 Å². The Bertz CT molecular complexity index is 896. The lowest BCUT2D eigenvalue weighted by Crippen LogP contribution is -2.26. The van der Waals surface area contributed by atoms with Gasteiger partial charge in [0.25, 0.3) is 15.9 Å². The molecule has 23 heavy (non-hydrogen) atoms. The molecule has 3 rings (SSSR count). The van der Waals surface area contributed by atoms with Gasteiger partial charge in [-0.3, -0.25) is 9.52 Å². The maximum absolute atomic E-state index is 13.2. The van der Waals surface area contributed by atoms with Gasteiger partial charge >= 0.3 is 0 Å². The number of halogens is 1. The summed E-state index contributed by atoms with van der Waals surface area (Å²) in [7, 11) is -3.92. The number of nitrogens with one attached hydrogen (secondary N) is 2. The number of hydrogen-bond donors (Lipinski definition) is 2. The number of hydrogen-bond acceptors (Lipinski definition) is 4. The summed E-state index contributed by atoms with van der Waals surface area (Å²) < 4.78 is 45.8. The van der Waals surface area contributed by atoms with Crippen molar-refractivity contribution < 1.29 is 22.3 Å². The third-order valence-electron chi connectivity index (χ3n) is 3.28. The molecule has 1 heterocycles. The van der Waals surface area contributed by atoms with E-state index < -0.39 is 15.8 Å². The fourth-order valence-corrected chi connectivity index (χ4v) is 3.56. The van der Waals surface area contributed by atoms with Crippen LogP contribution in [0.3, 0.4) is 0 Å². The van der Waals surface area contributed by atoms with Gasteiger partial charge in [-0.2, -0.15) is 0 Å². The van der Waals surface area contributed by atoms with E-state index in [-0.39, 0.29) is 28.8 Å². The van der Waals surface area contributed by atoms with Crippen molar-refractivity contribution in [2.75, 3.05) is 16.6 Å². The van der Waals surface area contributed by atoms with Crippen molar-refractivity contribution in [3.8, 4) is 5.75 Å². The number of carbonyl (C=O) groups is 1. The first-order valence-corrected chi connectivity index (χ1v) is 8.19. The zero-order valence-corrected chi connectivity index (χ0v) is 12.9. The van der Waals surface area contributed by atoms with Gasteiger partial charge in [0.1, 0.15) is 11.6 Å². The number of ether oxygens (including phenoxy) is 1. The molecule has 2 N–H and O–H groups in total. The quantitative estimate of drug-likeness (QED) is 0.900. The first-order chi connectivity index (χ1) is 10.8. The molecule has 8 heteroatoms. The molecule has 0 unspecified atom stereocenters. The zero-order chi connectivity index (χ0) is 16.6. The Hall–Kier alpha value is -2.61. The fourth-order valence-electron chi connectivity index (χ4n) is 2.27. The molecule has 0 bridgehead atoms. The average molecular weight is 336 g/mol. The van der Waals surface area contributed by atoms with Crippen molar-refractivity contribution in [2.24, 2.45) is 0 Å². The third kappa shape index (κ3) is 3.11. The SMILES string of the molecule is Cc1cc2c(cc1S(=O)(=O)Nc1cccc(F)c1)OCC(=O)N2. The lowest BCUT2D eigenvalue weighted by Gasteiger charge is -2.20. The normalized spacial score (nSPS) is 13.7. The summed E-state index contributed by atoms with van der Waals surface area (Å²) in [5.74, 6) is -0.571. The molecular formula is C15H13FN2O4S. The molecule has 2 aromatic rings. The number of amides is 1. The molecule has 0 spiro atoms. The Labute approximate surface area is 132 Å². The molecule has 1 aliphatic heterocycles. The standard InChI is InChI=1S/C15H13FN2O4S/c1-9-5-12-13(22-8-15(19)17-12)7-14(9)23(20,21)18-11-4-2-3-10(16)6-11/h2-7,18H,8H2,1H3,(H,17,19). The van der Waals surface area contributed by atoms with Crippen LogP contribution in [-0.4, -0.2) is 20.9 Å². The molecule has 0 fully saturated rings. The second-order valence-electron chi connectivity index (χ2n) is 5.07. The number of rotatable bonds is 3. The third-order valence-corrected chi connectivity index (χ3v) is 4.80. The first kappa shape index (κ1) is 15.3. The van der Waals surface area contributed by atoms with Gasteiger partial charge in [0.2, 0.25) is 0 Å². The van der Waals surface area contributed by atoms with Crippen LogP contribution in [0.1, 0.15) is 5.56 Å². The smallest absolute Gasteiger partial charge is 0.262 e. The molecule has 0 radical (unpaired) electrons. The number of sulfonamides is 1. The number of carbonyl (C=O) groups excluding carboxylic acids is 1. The van der Waals surface area contributed by atoms with E-state index in [9.17, 15) is 17.6 Å². The van der Waals surface area contributed by atoms with Crippen molar-refractivity contribution in [3.63, 3.8) is 0 Å². The lowest BCUT2D eigenvalue weighted by molar-refractivity contribution is -0.118. The molecule has 2 aromatic carbocycles. The predicted molar refractivity (Wildman–Crippen MR) is 82.5 cm³/mol. The van der Waals surface area contributed by atoms with Crippen LogP contribution in [0.2, 0.25) is 0 Å². The summed E-state index contributed by atoms with van der Waals surface area (Å²) in [6.07, 6.45) is 0. The molecule has 0 saturated carbocycles. The highest BCUT2D eigenvalue weighted by atomic mass is 32.2. The highest BCUT2D eigenvalue weighted by molar-refractivity contribution is 7.92. The Balaban J connectivity index is 1.98. The second kappa shape index (κ2) is 5.54. The van der Waals surface area contributed by atoms with Crippen molar-refractivity contribution in [3.05, 3.63) is 47.8 Å². The second-order valence-corrected chi connectivity index (χ2v) is 6.72. The zero-order valence-electron chi connectivity index (χ0n) is 12.1. The van der Waals surface area contributed by atoms with Gasteiger partial charge in [0.15, 0.2) is 6.61 Å². The number of benzene rings is 2. The van der Waals surface area contributed by atoms with Gasteiger partial charge in [0, 0.05) is 6.07 Å². The summed E-state index contributed by atoms with van der Waals surface area (Å²) in [4.78, 5) is 11.3. The van der Waals surface area contributed by atoms with Crippen molar-refractivity contribution in [2.45, 2.75) is 11.8 Å². The molecule has 0 aliphatic carbocycles. The Morgan fingerprint density at radius 3 is 2.78 bits per heavy atom. The van der Waals surface area contributed by atoms with E-state index in [0.29, 0.717) is 11.3 Å². The van der Waals surface area contributed by atoms with Crippen molar-refractivity contribution in [1.29, 1.82) is 0 Å². The largest absolute Gasteiger partial charge is 0.482 e. The minimum absolute atomic E-state index is 0.00309. The van der Waals surface area contributed by atoms with Crippen LogP contribution < -0.4 is 14.8 Å². The van der Waals surface area contributed by atoms with E-state index in [0.717, 1.165) is 6.07 Å². The van der Waals surface area contributed by atoms with Crippen LogP contribution in [-0.2, 0) is 14.8 Å². The summed E-state index contributed by atoms with van der Waals surface area (Å²) in [5.41, 5.74) is 0.971. The number of aryl methyl sites for hydroxylation is 1. The first-order valence-electron chi connectivity index (χ1n) is 6.71. The van der Waals surface area contributed by atoms with E-state index in [1.54, 1.807) is 6.92 Å². The van der Waals surface area contributed by atoms with Crippen LogP contribution in [0.5, 0.6) is 5.75 Å². The van der Waals surface area contributed by atoms with E-state index in [1.807, 2.05) is 0 Å². The highest BCUT2D eigenvalue weighted by Crippen LogP contribution is 2.33. The van der Waals surface area contributed by atoms with E-state index >= 15 is 0 Å². The van der Waals surface area contributed by atoms with Crippen molar-refractivity contribution >= 4 is 27.3 Å². The molecule has 0 atom stereocenters. The summed E-state index contributed by atoms with van der Waals surface area (Å²) in [6.45, 7) is 1.42. The Kier molecular flexibility index (Phi) is 3.69. The van der Waals surface area contributed by atoms with Crippen LogP contribution in [0, 0.1) is 12.7 Å². The maximum atomic E-state index is 13.2. The van der Waals surface area contributed by atoms with Gasteiger partial charge in [0.05, 0.1) is 16.3 Å². The van der Waals surface area contributed by atoms with Gasteiger partial charge in [-0.1, -0.05) is 6.07 Å². The molecule has 0 aromatic heterocycles. The van der Waals surface area contributed by atoms with E-state index in [4.69, 9.17) is 4.74 Å². The maximum Gasteiger partial charge on any atom is 0.262 e. The van der Waals surface area contributed by atoms with Gasteiger partial charge in [-0.25, -0.2) is 12.8 Å². The predicted octanol–water partition coefficient (Wildman–Crippen LogP) is 2.27. The Morgan fingerprint density at radius 1 is 1.26 bits per heavy atom. The summed E-state index contributed by atoms with van der Waals surface area (Å²) >= 11 is 0. The molecule has 6 nitrogen and oxygen atoms in total. The number of fused-ring (bicyclic) bond motifs is 1. The topological polar surface area (TPSA) is 84.5 Å². The Morgan fingerprint density at radius 2 is 2.04 bits per heavy atom. The highest BCUT2D eigenvalue weighted by Gasteiger charge is 2.23. The molecule has 1 amide bonds. The van der Waals surface area contributed by atoms with Crippen LogP contribution in [0.25, 0.3) is 0 Å². The van der Waals surface area contributed by atoms with Crippen molar-refractivity contribution in [1.82, 2.24) is 0 Å². The van der Waals surface area contributed by atoms with Crippen LogP contribution >= 0.6 is 0 Å². The van der Waals surface area contributed by atoms with Gasteiger partial charge < -0.3 is 10.1 Å². The monoisotopic (exact) mass is 336 g/mol. The average Bonchev–Trinajstić information content (AvgIpc) is 2.45. The molecule has 0 saturated heterocycles. The minimum atomic E-state index is -3.92. The molecule has 120 valence electrons. The van der Waals surface area contributed by atoms with E-state index in [1.165, 1.54) is 30.3 Å².